The second-order valence-corrected chi connectivity index (χ2v) is 6.24. The summed E-state index contributed by atoms with van der Waals surface area (Å²) in [5.41, 5.74) is 2.97. The van der Waals surface area contributed by atoms with Gasteiger partial charge in [0.15, 0.2) is 0 Å². The highest BCUT2D eigenvalue weighted by Gasteiger charge is 2.13. The van der Waals surface area contributed by atoms with E-state index in [-0.39, 0.29) is 5.69 Å². The summed E-state index contributed by atoms with van der Waals surface area (Å²) in [4.78, 5) is 10.6. The summed E-state index contributed by atoms with van der Waals surface area (Å²) >= 11 is 0. The number of hydrogen-bond donors (Lipinski definition) is 0. The van der Waals surface area contributed by atoms with E-state index in [0.717, 1.165) is 22.9 Å². The Hall–Kier alpha value is -3.39. The van der Waals surface area contributed by atoms with Crippen LogP contribution in [0.2, 0.25) is 0 Å². The number of nitro benzene ring substituents is 1. The van der Waals surface area contributed by atoms with Crippen LogP contribution < -0.4 is 0 Å². The fourth-order valence-electron chi connectivity index (χ4n) is 3.03. The molecule has 1 heterocycles. The van der Waals surface area contributed by atoms with E-state index < -0.39 is 4.92 Å². The Morgan fingerprint density at radius 3 is 2.77 bits per heavy atom. The molecule has 0 bridgehead atoms. The highest BCUT2D eigenvalue weighted by atomic mass is 16.6. The third kappa shape index (κ3) is 3.22. The number of allylic oxidation sites excluding steroid dienone is 1. The summed E-state index contributed by atoms with van der Waals surface area (Å²) in [5.74, 6) is 0. The molecule has 0 saturated carbocycles. The van der Waals surface area contributed by atoms with Crippen molar-refractivity contribution in [3.63, 3.8) is 0 Å². The molecule has 0 aliphatic rings. The summed E-state index contributed by atoms with van der Waals surface area (Å²) in [5, 5.41) is 21.7. The first-order chi connectivity index (χ1) is 12.5. The number of nitriles is 1. The number of fused-ring (bicyclic) bond motifs is 1. The molecule has 2 aromatic carbocycles. The van der Waals surface area contributed by atoms with Crippen LogP contribution in [0.1, 0.15) is 37.4 Å². The minimum atomic E-state index is -0.451. The molecule has 0 N–H and O–H groups in total. The predicted molar refractivity (Wildman–Crippen MR) is 104 cm³/mol. The fraction of sp³-hybridized carbons (Fsp3) is 0.190. The molecule has 0 amide bonds. The van der Waals surface area contributed by atoms with Gasteiger partial charge in [0.2, 0.25) is 0 Å². The van der Waals surface area contributed by atoms with Gasteiger partial charge in [-0.2, -0.15) is 5.26 Å². The summed E-state index contributed by atoms with van der Waals surface area (Å²) in [6.45, 7) is 4.30. The van der Waals surface area contributed by atoms with Crippen LogP contribution >= 0.6 is 0 Å². The van der Waals surface area contributed by atoms with E-state index >= 15 is 0 Å². The van der Waals surface area contributed by atoms with E-state index in [1.54, 1.807) is 18.2 Å². The van der Waals surface area contributed by atoms with Crippen molar-refractivity contribution < 1.29 is 4.92 Å². The zero-order chi connectivity index (χ0) is 18.7. The van der Waals surface area contributed by atoms with Gasteiger partial charge in [-0.15, -0.1) is 0 Å². The lowest BCUT2D eigenvalue weighted by Crippen LogP contribution is -2.01. The first kappa shape index (κ1) is 17.4. The zero-order valence-corrected chi connectivity index (χ0v) is 14.7. The van der Waals surface area contributed by atoms with Crippen molar-refractivity contribution in [2.75, 3.05) is 0 Å². The molecule has 1 aromatic heterocycles. The maximum absolute atomic E-state index is 11.0. The number of nitrogens with zero attached hydrogens (tertiary/aromatic N) is 3. The minimum Gasteiger partial charge on any atom is -0.344 e. The summed E-state index contributed by atoms with van der Waals surface area (Å²) in [6.07, 6.45) is 4.85. The molecular formula is C21H19N3O2. The Kier molecular flexibility index (Phi) is 4.85. The molecule has 130 valence electrons. The van der Waals surface area contributed by atoms with Gasteiger partial charge in [-0.1, -0.05) is 37.3 Å². The number of non-ortho nitro benzene ring substituents is 1. The summed E-state index contributed by atoms with van der Waals surface area (Å²) in [7, 11) is 0. The van der Waals surface area contributed by atoms with Crippen LogP contribution in [0.4, 0.5) is 5.69 Å². The van der Waals surface area contributed by atoms with E-state index in [9.17, 15) is 15.4 Å². The number of rotatable bonds is 5. The molecule has 0 fully saturated rings. The molecular weight excluding hydrogens is 326 g/mol. The van der Waals surface area contributed by atoms with Gasteiger partial charge in [0, 0.05) is 40.8 Å². The lowest BCUT2D eigenvalue weighted by Gasteiger charge is -2.12. The number of para-hydroxylation sites is 1. The third-order valence-corrected chi connectivity index (χ3v) is 4.63. The van der Waals surface area contributed by atoms with Crippen LogP contribution in [0.5, 0.6) is 0 Å². The van der Waals surface area contributed by atoms with Gasteiger partial charge in [-0.25, -0.2) is 0 Å². The average Bonchev–Trinajstić information content (AvgIpc) is 3.04. The molecule has 0 saturated heterocycles. The van der Waals surface area contributed by atoms with Gasteiger partial charge in [-0.3, -0.25) is 10.1 Å². The fourth-order valence-corrected chi connectivity index (χ4v) is 3.03. The number of aromatic nitrogens is 1. The van der Waals surface area contributed by atoms with Crippen molar-refractivity contribution >= 4 is 28.2 Å². The van der Waals surface area contributed by atoms with Gasteiger partial charge >= 0.3 is 0 Å². The Labute approximate surface area is 151 Å². The quantitative estimate of drug-likeness (QED) is 0.344. The van der Waals surface area contributed by atoms with Gasteiger partial charge < -0.3 is 4.57 Å². The summed E-state index contributed by atoms with van der Waals surface area (Å²) in [6, 6.07) is 16.8. The first-order valence-corrected chi connectivity index (χ1v) is 8.51. The predicted octanol–water partition coefficient (Wildman–Crippen LogP) is 5.58. The van der Waals surface area contributed by atoms with Gasteiger partial charge in [-0.05, 0) is 31.1 Å². The maximum atomic E-state index is 11.0. The zero-order valence-electron chi connectivity index (χ0n) is 14.7. The van der Waals surface area contributed by atoms with Crippen molar-refractivity contribution in [1.29, 1.82) is 5.26 Å². The molecule has 5 nitrogen and oxygen atoms in total. The van der Waals surface area contributed by atoms with Crippen LogP contribution in [0, 0.1) is 21.4 Å². The van der Waals surface area contributed by atoms with Crippen molar-refractivity contribution in [3.8, 4) is 6.07 Å². The van der Waals surface area contributed by atoms with Gasteiger partial charge in [0.1, 0.15) is 0 Å². The number of hydrogen-bond acceptors (Lipinski definition) is 3. The molecule has 0 spiro atoms. The molecule has 3 aromatic rings. The van der Waals surface area contributed by atoms with E-state index in [1.165, 1.54) is 12.1 Å². The highest BCUT2D eigenvalue weighted by molar-refractivity contribution is 5.98. The molecule has 0 unspecified atom stereocenters. The minimum absolute atomic E-state index is 0.0225. The Balaban J connectivity index is 2.15. The molecule has 0 aliphatic heterocycles. The number of benzene rings is 2. The molecule has 3 rings (SSSR count). The summed E-state index contributed by atoms with van der Waals surface area (Å²) < 4.78 is 2.21. The normalized spacial score (nSPS) is 12.7. The average molecular weight is 345 g/mol. The lowest BCUT2D eigenvalue weighted by molar-refractivity contribution is -0.384. The second kappa shape index (κ2) is 7.24. The monoisotopic (exact) mass is 345 g/mol. The molecule has 0 aliphatic carbocycles. The Morgan fingerprint density at radius 1 is 1.31 bits per heavy atom. The highest BCUT2D eigenvalue weighted by Crippen LogP contribution is 2.29. The SMILES string of the molecule is CC[C@H](C)n1cc(/C=C(/C#N)c2cccc([N+](=O)[O-])c2)c2ccccc21. The number of nitro groups is 1. The topological polar surface area (TPSA) is 71.9 Å². The Morgan fingerprint density at radius 2 is 2.08 bits per heavy atom. The Bertz CT molecular complexity index is 1040. The molecule has 0 radical (unpaired) electrons. The molecule has 5 heteroatoms. The van der Waals surface area contributed by atoms with E-state index in [4.69, 9.17) is 0 Å². The van der Waals surface area contributed by atoms with Crippen LogP contribution in [0.25, 0.3) is 22.6 Å². The van der Waals surface area contributed by atoms with E-state index in [0.29, 0.717) is 17.2 Å². The maximum Gasteiger partial charge on any atom is 0.270 e. The van der Waals surface area contributed by atoms with Crippen LogP contribution in [0.15, 0.2) is 54.7 Å². The largest absolute Gasteiger partial charge is 0.344 e. The smallest absolute Gasteiger partial charge is 0.270 e. The van der Waals surface area contributed by atoms with Crippen LogP contribution in [-0.4, -0.2) is 9.49 Å². The van der Waals surface area contributed by atoms with Crippen molar-refractivity contribution in [2.45, 2.75) is 26.3 Å². The van der Waals surface area contributed by atoms with Crippen LogP contribution in [-0.2, 0) is 0 Å². The standard InChI is InChI=1S/C21H19N3O2/c1-3-15(2)23-14-18(20-9-4-5-10-21(20)23)11-17(13-22)16-7-6-8-19(12-16)24(25)26/h4-12,14-15H,3H2,1-2H3/b17-11-/t15-/m0/s1. The van der Waals surface area contributed by atoms with Gasteiger partial charge in [0.05, 0.1) is 16.6 Å². The second-order valence-electron chi connectivity index (χ2n) is 6.24. The van der Waals surface area contributed by atoms with Crippen molar-refractivity contribution in [2.24, 2.45) is 0 Å². The van der Waals surface area contributed by atoms with Crippen molar-refractivity contribution in [1.82, 2.24) is 4.57 Å². The van der Waals surface area contributed by atoms with Crippen molar-refractivity contribution in [3.05, 3.63) is 76.0 Å². The van der Waals surface area contributed by atoms with E-state index in [2.05, 4.69) is 30.6 Å². The molecule has 1 atom stereocenters. The third-order valence-electron chi connectivity index (χ3n) is 4.63. The lowest BCUT2D eigenvalue weighted by atomic mass is 10.0. The van der Waals surface area contributed by atoms with Crippen LogP contribution in [0.3, 0.4) is 0 Å². The van der Waals surface area contributed by atoms with E-state index in [1.807, 2.05) is 24.4 Å². The first-order valence-electron chi connectivity index (χ1n) is 8.51. The van der Waals surface area contributed by atoms with Gasteiger partial charge in [0.25, 0.3) is 5.69 Å². The molecule has 26 heavy (non-hydrogen) atoms.